The molecule has 1 N–H and O–H groups in total. The minimum atomic E-state index is -0.287. The second-order valence-corrected chi connectivity index (χ2v) is 4.57. The molecule has 0 spiro atoms. The molecule has 2 nitrogen and oxygen atoms in total. The number of para-hydroxylation sites is 1. The zero-order valence-corrected chi connectivity index (χ0v) is 9.63. The lowest BCUT2D eigenvalue weighted by Gasteiger charge is -2.17. The van der Waals surface area contributed by atoms with Crippen molar-refractivity contribution in [3.05, 3.63) is 48.2 Å². The van der Waals surface area contributed by atoms with Crippen molar-refractivity contribution in [2.45, 2.75) is 25.4 Å². The maximum Gasteiger partial charge on any atom is 0.0726 e. The third kappa shape index (κ3) is 2.08. The number of hydrogen-bond acceptors (Lipinski definition) is 2. The molecule has 0 fully saturated rings. The third-order valence-electron chi connectivity index (χ3n) is 3.30. The van der Waals surface area contributed by atoms with E-state index < -0.39 is 0 Å². The van der Waals surface area contributed by atoms with Crippen molar-refractivity contribution in [3.8, 4) is 0 Å². The van der Waals surface area contributed by atoms with Gasteiger partial charge < -0.3 is 5.11 Å². The van der Waals surface area contributed by atoms with E-state index in [-0.39, 0.29) is 6.10 Å². The van der Waals surface area contributed by atoms with Crippen LogP contribution < -0.4 is 0 Å². The molecule has 86 valence electrons. The summed E-state index contributed by atoms with van der Waals surface area (Å²) in [4.78, 5) is 4.46. The SMILES string of the molecule is OC1C=C(c2cnc3ccccc3c2)CCC1. The van der Waals surface area contributed by atoms with Gasteiger partial charge in [-0.25, -0.2) is 0 Å². The van der Waals surface area contributed by atoms with Crippen LogP contribution in [0.2, 0.25) is 0 Å². The van der Waals surface area contributed by atoms with Crippen LogP contribution in [0.1, 0.15) is 24.8 Å². The summed E-state index contributed by atoms with van der Waals surface area (Å²) in [6.07, 6.45) is 6.56. The van der Waals surface area contributed by atoms with Gasteiger partial charge in [0.05, 0.1) is 11.6 Å². The molecular weight excluding hydrogens is 210 g/mol. The number of rotatable bonds is 1. The van der Waals surface area contributed by atoms with Crippen LogP contribution >= 0.6 is 0 Å². The van der Waals surface area contributed by atoms with E-state index in [1.165, 1.54) is 5.57 Å². The number of aliphatic hydroxyl groups is 1. The summed E-state index contributed by atoms with van der Waals surface area (Å²) in [7, 11) is 0. The Morgan fingerprint density at radius 3 is 3.00 bits per heavy atom. The summed E-state index contributed by atoms with van der Waals surface area (Å²) in [6.45, 7) is 0. The Morgan fingerprint density at radius 1 is 1.24 bits per heavy atom. The summed E-state index contributed by atoms with van der Waals surface area (Å²) < 4.78 is 0. The Bertz CT molecular complexity index is 574. The topological polar surface area (TPSA) is 33.1 Å². The molecule has 0 radical (unpaired) electrons. The van der Waals surface area contributed by atoms with Crippen LogP contribution in [-0.4, -0.2) is 16.2 Å². The fourth-order valence-corrected chi connectivity index (χ4v) is 2.39. The Kier molecular flexibility index (Phi) is 2.65. The van der Waals surface area contributed by atoms with E-state index in [0.29, 0.717) is 0 Å². The molecule has 0 amide bonds. The number of aliphatic hydroxyl groups excluding tert-OH is 1. The van der Waals surface area contributed by atoms with Gasteiger partial charge in [-0.3, -0.25) is 4.98 Å². The third-order valence-corrected chi connectivity index (χ3v) is 3.30. The highest BCUT2D eigenvalue weighted by atomic mass is 16.3. The predicted octanol–water partition coefficient (Wildman–Crippen LogP) is 3.16. The molecule has 1 heterocycles. The number of allylic oxidation sites excluding steroid dienone is 1. The zero-order chi connectivity index (χ0) is 11.7. The average Bonchev–Trinajstić information content (AvgIpc) is 2.38. The van der Waals surface area contributed by atoms with Crippen LogP contribution in [0.5, 0.6) is 0 Å². The van der Waals surface area contributed by atoms with Gasteiger partial charge in [-0.05, 0) is 42.5 Å². The Labute approximate surface area is 101 Å². The molecule has 1 aromatic heterocycles. The summed E-state index contributed by atoms with van der Waals surface area (Å²) in [5.74, 6) is 0. The van der Waals surface area contributed by atoms with E-state index in [0.717, 1.165) is 35.7 Å². The summed E-state index contributed by atoms with van der Waals surface area (Å²) in [6, 6.07) is 10.3. The number of fused-ring (bicyclic) bond motifs is 1. The summed E-state index contributed by atoms with van der Waals surface area (Å²) >= 11 is 0. The average molecular weight is 225 g/mol. The highest BCUT2D eigenvalue weighted by molar-refractivity contribution is 5.82. The molecule has 0 saturated carbocycles. The van der Waals surface area contributed by atoms with E-state index in [2.05, 4.69) is 17.1 Å². The molecule has 0 aliphatic heterocycles. The van der Waals surface area contributed by atoms with Gasteiger partial charge in [0.15, 0.2) is 0 Å². The van der Waals surface area contributed by atoms with Crippen molar-refractivity contribution in [1.82, 2.24) is 4.98 Å². The highest BCUT2D eigenvalue weighted by Gasteiger charge is 2.12. The number of nitrogens with zero attached hydrogens (tertiary/aromatic N) is 1. The van der Waals surface area contributed by atoms with Crippen LogP contribution in [0.3, 0.4) is 0 Å². The number of pyridine rings is 1. The van der Waals surface area contributed by atoms with Crippen molar-refractivity contribution in [2.24, 2.45) is 0 Å². The van der Waals surface area contributed by atoms with Crippen LogP contribution in [0.25, 0.3) is 16.5 Å². The zero-order valence-electron chi connectivity index (χ0n) is 9.63. The minimum Gasteiger partial charge on any atom is -0.389 e. The summed E-state index contributed by atoms with van der Waals surface area (Å²) in [5, 5.41) is 10.8. The summed E-state index contributed by atoms with van der Waals surface area (Å²) in [5.41, 5.74) is 3.39. The lowest BCUT2D eigenvalue weighted by Crippen LogP contribution is -2.08. The standard InChI is InChI=1S/C15H15NO/c17-14-6-3-5-11(9-14)13-8-12-4-1-2-7-15(12)16-10-13/h1-2,4,7-10,14,17H,3,5-6H2. The Balaban J connectivity index is 2.06. The smallest absolute Gasteiger partial charge is 0.0726 e. The van der Waals surface area contributed by atoms with Crippen molar-refractivity contribution in [3.63, 3.8) is 0 Å². The van der Waals surface area contributed by atoms with E-state index in [1.807, 2.05) is 30.5 Å². The molecule has 0 saturated heterocycles. The van der Waals surface area contributed by atoms with Crippen LogP contribution in [-0.2, 0) is 0 Å². The molecule has 2 aromatic rings. The lowest BCUT2D eigenvalue weighted by atomic mass is 9.92. The van der Waals surface area contributed by atoms with E-state index >= 15 is 0 Å². The van der Waals surface area contributed by atoms with Crippen LogP contribution in [0, 0.1) is 0 Å². The molecule has 1 aromatic carbocycles. The van der Waals surface area contributed by atoms with Gasteiger partial charge in [0.25, 0.3) is 0 Å². The minimum absolute atomic E-state index is 0.287. The number of benzene rings is 1. The van der Waals surface area contributed by atoms with E-state index in [9.17, 15) is 5.11 Å². The van der Waals surface area contributed by atoms with Crippen LogP contribution in [0.4, 0.5) is 0 Å². The first-order valence-electron chi connectivity index (χ1n) is 6.07. The molecule has 1 unspecified atom stereocenters. The Morgan fingerprint density at radius 2 is 2.12 bits per heavy atom. The van der Waals surface area contributed by atoms with Gasteiger partial charge >= 0.3 is 0 Å². The van der Waals surface area contributed by atoms with Crippen molar-refractivity contribution < 1.29 is 5.11 Å². The Hall–Kier alpha value is -1.67. The second-order valence-electron chi connectivity index (χ2n) is 4.57. The molecule has 1 atom stereocenters. The van der Waals surface area contributed by atoms with Gasteiger partial charge in [-0.2, -0.15) is 0 Å². The molecule has 1 aliphatic carbocycles. The molecule has 17 heavy (non-hydrogen) atoms. The molecule has 2 heteroatoms. The van der Waals surface area contributed by atoms with Crippen molar-refractivity contribution in [1.29, 1.82) is 0 Å². The van der Waals surface area contributed by atoms with Crippen LogP contribution in [0.15, 0.2) is 42.6 Å². The quantitative estimate of drug-likeness (QED) is 0.808. The maximum absolute atomic E-state index is 9.66. The largest absolute Gasteiger partial charge is 0.389 e. The fourth-order valence-electron chi connectivity index (χ4n) is 2.39. The van der Waals surface area contributed by atoms with Gasteiger partial charge in [0.2, 0.25) is 0 Å². The molecule has 1 aliphatic rings. The molecule has 0 bridgehead atoms. The van der Waals surface area contributed by atoms with Crippen molar-refractivity contribution >= 4 is 16.5 Å². The molecule has 3 rings (SSSR count). The fraction of sp³-hybridized carbons (Fsp3) is 0.267. The van der Waals surface area contributed by atoms with E-state index in [1.54, 1.807) is 0 Å². The normalized spacial score (nSPS) is 20.3. The van der Waals surface area contributed by atoms with Crippen molar-refractivity contribution in [2.75, 3.05) is 0 Å². The van der Waals surface area contributed by atoms with E-state index in [4.69, 9.17) is 0 Å². The highest BCUT2D eigenvalue weighted by Crippen LogP contribution is 2.28. The predicted molar refractivity (Wildman–Crippen MR) is 69.6 cm³/mol. The number of aromatic nitrogens is 1. The maximum atomic E-state index is 9.66. The second kappa shape index (κ2) is 4.30. The van der Waals surface area contributed by atoms with Gasteiger partial charge in [0, 0.05) is 11.6 Å². The lowest BCUT2D eigenvalue weighted by molar-refractivity contribution is 0.206. The van der Waals surface area contributed by atoms with Gasteiger partial charge in [0.1, 0.15) is 0 Å². The first-order valence-corrected chi connectivity index (χ1v) is 6.07. The monoisotopic (exact) mass is 225 g/mol. The first kappa shape index (κ1) is 10.5. The first-order chi connectivity index (χ1) is 8.33. The number of hydrogen-bond donors (Lipinski definition) is 1. The van der Waals surface area contributed by atoms with Gasteiger partial charge in [-0.1, -0.05) is 24.3 Å². The molecular formula is C15H15NO. The van der Waals surface area contributed by atoms with Gasteiger partial charge in [-0.15, -0.1) is 0 Å².